The molecule has 2 aliphatic heterocycles. The highest BCUT2D eigenvalue weighted by atomic mass is 32.2. The van der Waals surface area contributed by atoms with Crippen molar-refractivity contribution in [3.8, 4) is 11.5 Å². The van der Waals surface area contributed by atoms with Crippen molar-refractivity contribution in [1.82, 2.24) is 9.62 Å². The molecule has 0 radical (unpaired) electrons. The molecule has 30 heavy (non-hydrogen) atoms. The van der Waals surface area contributed by atoms with Crippen LogP contribution in [-0.2, 0) is 32.7 Å². The molecule has 8 nitrogen and oxygen atoms in total. The predicted molar refractivity (Wildman–Crippen MR) is 108 cm³/mol. The van der Waals surface area contributed by atoms with Crippen LogP contribution >= 0.6 is 0 Å². The molecule has 0 aliphatic carbocycles. The zero-order chi connectivity index (χ0) is 21.5. The van der Waals surface area contributed by atoms with Crippen molar-refractivity contribution in [1.29, 1.82) is 0 Å². The number of carbonyl (C=O) groups is 2. The minimum atomic E-state index is -3.83. The number of methoxy groups -OCH3 is 2. The summed E-state index contributed by atoms with van der Waals surface area (Å²) in [6.07, 6.45) is 0.746. The number of nitrogens with one attached hydrogen (secondary N) is 1. The van der Waals surface area contributed by atoms with E-state index in [-0.39, 0.29) is 35.5 Å². The van der Waals surface area contributed by atoms with Gasteiger partial charge in [0.15, 0.2) is 0 Å². The van der Waals surface area contributed by atoms with E-state index in [9.17, 15) is 18.0 Å². The molecule has 0 bridgehead atoms. The number of amides is 2. The summed E-state index contributed by atoms with van der Waals surface area (Å²) < 4.78 is 38.4. The van der Waals surface area contributed by atoms with E-state index in [1.165, 1.54) is 24.6 Å². The van der Waals surface area contributed by atoms with Crippen LogP contribution < -0.4 is 14.8 Å². The lowest BCUT2D eigenvalue weighted by Crippen LogP contribution is -2.39. The molecule has 9 heteroatoms. The lowest BCUT2D eigenvalue weighted by atomic mass is 9.89. The molecule has 1 N–H and O–H groups in total. The van der Waals surface area contributed by atoms with Crippen molar-refractivity contribution in [3.63, 3.8) is 0 Å². The summed E-state index contributed by atoms with van der Waals surface area (Å²) in [6, 6.07) is 10.2. The number of piperidine rings is 1. The Hall–Kier alpha value is -2.91. The Labute approximate surface area is 174 Å². The fraction of sp³-hybridized carbons (Fsp3) is 0.333. The molecule has 2 aromatic carbocycles. The molecule has 2 aromatic rings. The van der Waals surface area contributed by atoms with Gasteiger partial charge >= 0.3 is 0 Å². The summed E-state index contributed by atoms with van der Waals surface area (Å²) in [6.45, 7) is 0.423. The molecule has 1 saturated heterocycles. The summed E-state index contributed by atoms with van der Waals surface area (Å²) in [5, 5.41) is 2.36. The van der Waals surface area contributed by atoms with Crippen molar-refractivity contribution in [3.05, 3.63) is 53.1 Å². The SMILES string of the molecule is COc1ccc(OC)c(S(=O)(=O)N2Cc3ccc(C4CCC(=O)NC4=O)cc3C2)c1. The van der Waals surface area contributed by atoms with Gasteiger partial charge in [-0.2, -0.15) is 4.31 Å². The second kappa shape index (κ2) is 7.73. The number of hydrogen-bond acceptors (Lipinski definition) is 6. The summed E-state index contributed by atoms with van der Waals surface area (Å²) in [7, 11) is -0.938. The average molecular weight is 430 g/mol. The number of fused-ring (bicyclic) bond motifs is 1. The summed E-state index contributed by atoms with van der Waals surface area (Å²) >= 11 is 0. The van der Waals surface area contributed by atoms with Gasteiger partial charge in [-0.05, 0) is 35.2 Å². The van der Waals surface area contributed by atoms with Crippen molar-refractivity contribution >= 4 is 21.8 Å². The van der Waals surface area contributed by atoms with Gasteiger partial charge in [0.2, 0.25) is 21.8 Å². The topological polar surface area (TPSA) is 102 Å². The van der Waals surface area contributed by atoms with Crippen molar-refractivity contribution in [2.24, 2.45) is 0 Å². The highest BCUT2D eigenvalue weighted by Crippen LogP contribution is 2.36. The van der Waals surface area contributed by atoms with E-state index in [1.54, 1.807) is 12.1 Å². The van der Waals surface area contributed by atoms with Crippen LogP contribution in [0.5, 0.6) is 11.5 Å². The molecule has 1 fully saturated rings. The number of sulfonamides is 1. The lowest BCUT2D eigenvalue weighted by molar-refractivity contribution is -0.134. The number of carbonyl (C=O) groups excluding carboxylic acids is 2. The standard InChI is InChI=1S/C21H22N2O6S/c1-28-16-5-7-18(29-2)19(10-16)30(26,27)23-11-14-4-3-13(9-15(14)12-23)17-6-8-20(24)22-21(17)25/h3-5,7,9-10,17H,6,8,11-12H2,1-2H3,(H,22,24,25). The third-order valence-electron chi connectivity index (χ3n) is 5.55. The quantitative estimate of drug-likeness (QED) is 0.728. The van der Waals surface area contributed by atoms with Crippen LogP contribution in [0.15, 0.2) is 41.3 Å². The van der Waals surface area contributed by atoms with Gasteiger partial charge in [0, 0.05) is 25.6 Å². The van der Waals surface area contributed by atoms with E-state index in [2.05, 4.69) is 5.32 Å². The van der Waals surface area contributed by atoms with Gasteiger partial charge in [-0.3, -0.25) is 14.9 Å². The molecule has 0 spiro atoms. The van der Waals surface area contributed by atoms with Crippen LogP contribution in [0.4, 0.5) is 0 Å². The zero-order valence-electron chi connectivity index (χ0n) is 16.7. The molecule has 1 atom stereocenters. The Morgan fingerprint density at radius 3 is 2.47 bits per heavy atom. The van der Waals surface area contributed by atoms with Crippen LogP contribution in [0.25, 0.3) is 0 Å². The van der Waals surface area contributed by atoms with Gasteiger partial charge in [0.1, 0.15) is 16.4 Å². The Morgan fingerprint density at radius 1 is 1.00 bits per heavy atom. The van der Waals surface area contributed by atoms with E-state index in [4.69, 9.17) is 9.47 Å². The fourth-order valence-corrected chi connectivity index (χ4v) is 5.47. The Morgan fingerprint density at radius 2 is 1.77 bits per heavy atom. The summed E-state index contributed by atoms with van der Waals surface area (Å²) in [5.74, 6) is -0.309. The van der Waals surface area contributed by atoms with Crippen molar-refractivity contribution in [2.45, 2.75) is 36.7 Å². The third kappa shape index (κ3) is 3.54. The Bertz CT molecular complexity index is 1130. The monoisotopic (exact) mass is 430 g/mol. The highest BCUT2D eigenvalue weighted by molar-refractivity contribution is 7.89. The number of rotatable bonds is 5. The number of nitrogens with zero attached hydrogens (tertiary/aromatic N) is 1. The highest BCUT2D eigenvalue weighted by Gasteiger charge is 2.34. The van der Waals surface area contributed by atoms with Gasteiger partial charge in [-0.1, -0.05) is 18.2 Å². The van der Waals surface area contributed by atoms with Gasteiger partial charge in [0.05, 0.1) is 20.1 Å². The maximum absolute atomic E-state index is 13.3. The summed E-state index contributed by atoms with van der Waals surface area (Å²) in [5.41, 5.74) is 2.52. The number of ether oxygens (including phenoxy) is 2. The molecule has 4 rings (SSSR count). The minimum absolute atomic E-state index is 0.0440. The van der Waals surface area contributed by atoms with Crippen molar-refractivity contribution in [2.75, 3.05) is 14.2 Å². The Balaban J connectivity index is 1.62. The maximum Gasteiger partial charge on any atom is 0.247 e. The van der Waals surface area contributed by atoms with E-state index < -0.39 is 15.9 Å². The minimum Gasteiger partial charge on any atom is -0.497 e. The molecular weight excluding hydrogens is 408 g/mol. The average Bonchev–Trinajstić information content (AvgIpc) is 3.17. The van der Waals surface area contributed by atoms with Gasteiger partial charge in [-0.15, -0.1) is 0 Å². The normalized spacial score (nSPS) is 19.3. The van der Waals surface area contributed by atoms with Crippen LogP contribution in [-0.4, -0.2) is 38.8 Å². The molecule has 0 aromatic heterocycles. The molecule has 158 valence electrons. The maximum atomic E-state index is 13.3. The first kappa shape index (κ1) is 20.4. The van der Waals surface area contributed by atoms with Gasteiger partial charge in [0.25, 0.3) is 0 Å². The first-order chi connectivity index (χ1) is 14.3. The number of imide groups is 1. The molecule has 0 saturated carbocycles. The number of hydrogen-bond donors (Lipinski definition) is 1. The first-order valence-electron chi connectivity index (χ1n) is 9.51. The predicted octanol–water partition coefficient (Wildman–Crippen LogP) is 1.93. The third-order valence-corrected chi connectivity index (χ3v) is 7.37. The van der Waals surface area contributed by atoms with Gasteiger partial charge < -0.3 is 9.47 Å². The van der Waals surface area contributed by atoms with Gasteiger partial charge in [-0.25, -0.2) is 8.42 Å². The van der Waals surface area contributed by atoms with Crippen LogP contribution in [0.2, 0.25) is 0 Å². The molecule has 2 amide bonds. The van der Waals surface area contributed by atoms with Crippen LogP contribution in [0.3, 0.4) is 0 Å². The molecule has 2 aliphatic rings. The second-order valence-electron chi connectivity index (χ2n) is 7.32. The van der Waals surface area contributed by atoms with Crippen LogP contribution in [0.1, 0.15) is 35.4 Å². The zero-order valence-corrected chi connectivity index (χ0v) is 17.5. The van der Waals surface area contributed by atoms with E-state index in [1.807, 2.05) is 18.2 Å². The molecule has 2 heterocycles. The lowest BCUT2D eigenvalue weighted by Gasteiger charge is -2.21. The van der Waals surface area contributed by atoms with Crippen LogP contribution in [0, 0.1) is 0 Å². The molecule has 1 unspecified atom stereocenters. The second-order valence-corrected chi connectivity index (χ2v) is 9.23. The first-order valence-corrected chi connectivity index (χ1v) is 10.9. The molecular formula is C21H22N2O6S. The van der Waals surface area contributed by atoms with Crippen molar-refractivity contribution < 1.29 is 27.5 Å². The fourth-order valence-electron chi connectivity index (χ4n) is 3.91. The van der Waals surface area contributed by atoms with E-state index in [0.29, 0.717) is 18.6 Å². The smallest absolute Gasteiger partial charge is 0.247 e. The van der Waals surface area contributed by atoms with E-state index >= 15 is 0 Å². The largest absolute Gasteiger partial charge is 0.497 e. The summed E-state index contributed by atoms with van der Waals surface area (Å²) in [4.78, 5) is 23.6. The van der Waals surface area contributed by atoms with E-state index in [0.717, 1.165) is 16.7 Å². The number of benzene rings is 2. The Kier molecular flexibility index (Phi) is 5.25.